The molecule has 3 N–H and O–H groups in total. The molecule has 0 aliphatic heterocycles. The molecule has 2 rings (SSSR count). The van der Waals surface area contributed by atoms with Gasteiger partial charge in [-0.05, 0) is 40.0 Å². The maximum absolute atomic E-state index is 14.3. The minimum Gasteiger partial charge on any atom is -0.271 e. The Morgan fingerprint density at radius 1 is 1.20 bits per heavy atom. The molecule has 0 aliphatic rings. The fraction of sp³-hybridized carbons (Fsp3) is 0.143. The summed E-state index contributed by atoms with van der Waals surface area (Å²) in [6, 6.07) is 8.62. The molecule has 0 amide bonds. The molecule has 20 heavy (non-hydrogen) atoms. The van der Waals surface area contributed by atoms with Gasteiger partial charge in [-0.15, -0.1) is 0 Å². The Balaban J connectivity index is 2.59. The molecular weight excluding hydrogens is 410 g/mol. The zero-order chi connectivity index (χ0) is 14.9. The highest BCUT2D eigenvalue weighted by atomic mass is 79.9. The van der Waals surface area contributed by atoms with Crippen molar-refractivity contribution in [2.24, 2.45) is 5.84 Å². The smallest absolute Gasteiger partial charge is 0.148 e. The van der Waals surface area contributed by atoms with E-state index in [0.717, 1.165) is 15.6 Å². The molecule has 0 aliphatic carbocycles. The average Bonchev–Trinajstić information content (AvgIpc) is 2.44. The van der Waals surface area contributed by atoms with Gasteiger partial charge in [-0.3, -0.25) is 5.84 Å². The van der Waals surface area contributed by atoms with Crippen molar-refractivity contribution in [2.75, 3.05) is 0 Å². The number of hydrogen-bond donors (Lipinski definition) is 2. The molecule has 2 nitrogen and oxygen atoms in total. The molecule has 0 spiro atoms. The highest BCUT2D eigenvalue weighted by Gasteiger charge is 2.22. The van der Waals surface area contributed by atoms with Gasteiger partial charge in [0.2, 0.25) is 0 Å². The van der Waals surface area contributed by atoms with Crippen molar-refractivity contribution >= 4 is 43.5 Å². The van der Waals surface area contributed by atoms with E-state index >= 15 is 0 Å². The molecule has 0 heterocycles. The van der Waals surface area contributed by atoms with Crippen LogP contribution in [0.5, 0.6) is 0 Å². The molecule has 0 fully saturated rings. The van der Waals surface area contributed by atoms with Crippen LogP contribution in [0.2, 0.25) is 5.02 Å². The number of nitrogens with one attached hydrogen (secondary N) is 1. The molecule has 1 unspecified atom stereocenters. The van der Waals surface area contributed by atoms with Gasteiger partial charge in [-0.2, -0.15) is 0 Å². The first kappa shape index (κ1) is 15.9. The van der Waals surface area contributed by atoms with Crippen LogP contribution in [-0.2, 0) is 0 Å². The second-order valence-corrected chi connectivity index (χ2v) is 6.37. The summed E-state index contributed by atoms with van der Waals surface area (Å²) in [5.74, 6) is 5.13. The maximum Gasteiger partial charge on any atom is 0.148 e. The zero-order valence-electron chi connectivity index (χ0n) is 10.6. The quantitative estimate of drug-likeness (QED) is 0.421. The van der Waals surface area contributed by atoms with Crippen LogP contribution >= 0.6 is 43.5 Å². The number of benzene rings is 2. The van der Waals surface area contributed by atoms with E-state index in [4.69, 9.17) is 17.4 Å². The molecule has 0 bridgehead atoms. The normalized spacial score (nSPS) is 12.5. The van der Waals surface area contributed by atoms with E-state index in [0.29, 0.717) is 10.0 Å². The Hall–Kier alpha value is -0.460. The van der Waals surface area contributed by atoms with Crippen molar-refractivity contribution in [3.8, 4) is 0 Å². The molecular formula is C14H12Br2ClFN2. The van der Waals surface area contributed by atoms with Gasteiger partial charge in [0.25, 0.3) is 0 Å². The van der Waals surface area contributed by atoms with E-state index in [9.17, 15) is 4.39 Å². The van der Waals surface area contributed by atoms with Gasteiger partial charge in [-0.1, -0.05) is 51.8 Å². The van der Waals surface area contributed by atoms with Gasteiger partial charge in [0.15, 0.2) is 0 Å². The van der Waals surface area contributed by atoms with Crippen LogP contribution in [0.15, 0.2) is 39.3 Å². The molecule has 106 valence electrons. The van der Waals surface area contributed by atoms with Gasteiger partial charge >= 0.3 is 0 Å². The van der Waals surface area contributed by atoms with Crippen molar-refractivity contribution in [3.05, 3.63) is 66.8 Å². The van der Waals surface area contributed by atoms with Crippen molar-refractivity contribution < 1.29 is 4.39 Å². The number of halogens is 4. The third-order valence-corrected chi connectivity index (χ3v) is 5.42. The van der Waals surface area contributed by atoms with Gasteiger partial charge in [-0.25, -0.2) is 9.82 Å². The summed E-state index contributed by atoms with van der Waals surface area (Å²) < 4.78 is 15.7. The van der Waals surface area contributed by atoms with E-state index in [1.807, 2.05) is 25.1 Å². The lowest BCUT2D eigenvalue weighted by Crippen LogP contribution is -2.30. The minimum atomic E-state index is -0.491. The number of hydrogen-bond acceptors (Lipinski definition) is 2. The third-order valence-electron chi connectivity index (χ3n) is 3.08. The number of rotatable bonds is 3. The first-order valence-electron chi connectivity index (χ1n) is 5.82. The maximum atomic E-state index is 14.3. The van der Waals surface area contributed by atoms with Crippen molar-refractivity contribution in [3.63, 3.8) is 0 Å². The van der Waals surface area contributed by atoms with E-state index in [1.165, 1.54) is 0 Å². The summed E-state index contributed by atoms with van der Waals surface area (Å²) in [6.07, 6.45) is 0. The summed E-state index contributed by atoms with van der Waals surface area (Å²) in [5, 5.41) is 0.0477. The summed E-state index contributed by atoms with van der Waals surface area (Å²) in [7, 11) is 0. The second-order valence-electron chi connectivity index (χ2n) is 4.34. The third kappa shape index (κ3) is 2.92. The topological polar surface area (TPSA) is 38.0 Å². The molecule has 2 aromatic carbocycles. The second kappa shape index (κ2) is 6.54. The van der Waals surface area contributed by atoms with Crippen LogP contribution in [0.3, 0.4) is 0 Å². The summed E-state index contributed by atoms with van der Waals surface area (Å²) in [6.45, 7) is 1.96. The molecule has 2 aromatic rings. The molecule has 0 aromatic heterocycles. The van der Waals surface area contributed by atoms with E-state index in [2.05, 4.69) is 37.3 Å². The highest BCUT2D eigenvalue weighted by Crippen LogP contribution is 2.35. The predicted molar refractivity (Wildman–Crippen MR) is 87.2 cm³/mol. The molecule has 0 saturated carbocycles. The van der Waals surface area contributed by atoms with Crippen LogP contribution in [0.1, 0.15) is 22.7 Å². The van der Waals surface area contributed by atoms with Gasteiger partial charge in [0, 0.05) is 14.5 Å². The van der Waals surface area contributed by atoms with E-state index in [-0.39, 0.29) is 5.02 Å². The lowest BCUT2D eigenvalue weighted by molar-refractivity contribution is 0.558. The summed E-state index contributed by atoms with van der Waals surface area (Å²) in [4.78, 5) is 0. The summed E-state index contributed by atoms with van der Waals surface area (Å²) in [5.41, 5.74) is 4.94. The predicted octanol–water partition coefficient (Wildman–Crippen LogP) is 4.87. The van der Waals surface area contributed by atoms with Crippen LogP contribution in [-0.4, -0.2) is 0 Å². The highest BCUT2D eigenvalue weighted by molar-refractivity contribution is 9.10. The van der Waals surface area contributed by atoms with Crippen LogP contribution in [0, 0.1) is 12.7 Å². The van der Waals surface area contributed by atoms with Crippen LogP contribution < -0.4 is 11.3 Å². The fourth-order valence-electron chi connectivity index (χ4n) is 2.00. The van der Waals surface area contributed by atoms with E-state index in [1.54, 1.807) is 12.1 Å². The molecule has 0 radical (unpaired) electrons. The molecule has 6 heteroatoms. The zero-order valence-corrected chi connectivity index (χ0v) is 14.5. The SMILES string of the molecule is Cc1cccc(C(NN)c2ccc(Br)c(Cl)c2F)c1Br. The van der Waals surface area contributed by atoms with Gasteiger partial charge in [0.1, 0.15) is 5.82 Å². The van der Waals surface area contributed by atoms with Crippen molar-refractivity contribution in [2.45, 2.75) is 13.0 Å². The number of nitrogens with two attached hydrogens (primary N) is 1. The molecule has 1 atom stereocenters. The van der Waals surface area contributed by atoms with Gasteiger partial charge in [0.05, 0.1) is 11.1 Å². The first-order chi connectivity index (χ1) is 9.47. The molecule has 0 saturated heterocycles. The lowest BCUT2D eigenvalue weighted by Gasteiger charge is -2.20. The lowest BCUT2D eigenvalue weighted by atomic mass is 9.97. The van der Waals surface area contributed by atoms with E-state index < -0.39 is 11.9 Å². The van der Waals surface area contributed by atoms with Crippen molar-refractivity contribution in [1.82, 2.24) is 5.43 Å². The van der Waals surface area contributed by atoms with Crippen molar-refractivity contribution in [1.29, 1.82) is 0 Å². The average molecular weight is 423 g/mol. The van der Waals surface area contributed by atoms with Gasteiger partial charge < -0.3 is 0 Å². The fourth-order valence-corrected chi connectivity index (χ4v) is 2.98. The van der Waals surface area contributed by atoms with Crippen LogP contribution in [0.4, 0.5) is 4.39 Å². The number of hydrazine groups is 1. The first-order valence-corrected chi connectivity index (χ1v) is 7.78. The Morgan fingerprint density at radius 3 is 2.55 bits per heavy atom. The summed E-state index contributed by atoms with van der Waals surface area (Å²) >= 11 is 12.7. The number of aryl methyl sites for hydroxylation is 1. The Morgan fingerprint density at radius 2 is 1.90 bits per heavy atom. The van der Waals surface area contributed by atoms with Crippen LogP contribution in [0.25, 0.3) is 0 Å². The Kier molecular flexibility index (Phi) is 5.20. The largest absolute Gasteiger partial charge is 0.271 e. The Labute approximate surface area is 138 Å². The standard InChI is InChI=1S/C14H12Br2ClFN2/c1-7-3-2-4-8(11(7)16)14(20-19)9-5-6-10(15)12(17)13(9)18/h2-6,14,20H,19H2,1H3. The Bertz CT molecular complexity index is 649. The monoisotopic (exact) mass is 420 g/mol. The minimum absolute atomic E-state index is 0.0477.